The molecule has 0 radical (unpaired) electrons. The van der Waals surface area contributed by atoms with Crippen LogP contribution < -0.4 is 15.0 Å². The van der Waals surface area contributed by atoms with Gasteiger partial charge in [0.05, 0.1) is 5.69 Å². The van der Waals surface area contributed by atoms with Crippen LogP contribution in [0.1, 0.15) is 13.8 Å². The van der Waals surface area contributed by atoms with Crippen LogP contribution in [0, 0.1) is 0 Å². The molecule has 1 aliphatic heterocycles. The molecule has 86 valence electrons. The van der Waals surface area contributed by atoms with Crippen molar-refractivity contribution in [2.75, 3.05) is 23.8 Å². The second-order valence-corrected chi connectivity index (χ2v) is 3.74. The van der Waals surface area contributed by atoms with E-state index in [0.29, 0.717) is 6.54 Å². The van der Waals surface area contributed by atoms with E-state index in [1.807, 2.05) is 32.2 Å². The van der Waals surface area contributed by atoms with Crippen LogP contribution in [-0.2, 0) is 4.79 Å². The van der Waals surface area contributed by atoms with Crippen LogP contribution in [0.3, 0.4) is 0 Å². The molecule has 1 heterocycles. The van der Waals surface area contributed by atoms with E-state index in [4.69, 9.17) is 4.74 Å². The van der Waals surface area contributed by atoms with Crippen molar-refractivity contribution >= 4 is 17.3 Å². The van der Waals surface area contributed by atoms with E-state index in [1.54, 1.807) is 11.8 Å². The number of ether oxygens (including phenoxy) is 1. The topological polar surface area (TPSA) is 41.6 Å². The normalized spacial score (nSPS) is 19.1. The SMILES string of the molecule is CCN1C(=O)C(C)Oc2cccc(NC)c21. The molecule has 1 amide bonds. The molecule has 1 aliphatic rings. The molecular weight excluding hydrogens is 204 g/mol. The monoisotopic (exact) mass is 220 g/mol. The fourth-order valence-electron chi connectivity index (χ4n) is 1.98. The first-order chi connectivity index (χ1) is 7.69. The van der Waals surface area contributed by atoms with E-state index in [2.05, 4.69) is 5.32 Å². The number of para-hydroxylation sites is 1. The van der Waals surface area contributed by atoms with Crippen LogP contribution in [0.25, 0.3) is 0 Å². The van der Waals surface area contributed by atoms with Gasteiger partial charge in [-0.25, -0.2) is 0 Å². The lowest BCUT2D eigenvalue weighted by Crippen LogP contribution is -2.44. The number of hydrogen-bond acceptors (Lipinski definition) is 3. The third kappa shape index (κ3) is 1.50. The lowest BCUT2D eigenvalue weighted by atomic mass is 10.1. The van der Waals surface area contributed by atoms with E-state index in [9.17, 15) is 4.79 Å². The molecule has 0 saturated carbocycles. The Morgan fingerprint density at radius 3 is 2.88 bits per heavy atom. The van der Waals surface area contributed by atoms with E-state index in [0.717, 1.165) is 17.1 Å². The van der Waals surface area contributed by atoms with Crippen molar-refractivity contribution in [2.24, 2.45) is 0 Å². The van der Waals surface area contributed by atoms with Crippen LogP contribution >= 0.6 is 0 Å². The van der Waals surface area contributed by atoms with Gasteiger partial charge >= 0.3 is 0 Å². The van der Waals surface area contributed by atoms with Gasteiger partial charge in [-0.2, -0.15) is 0 Å². The minimum atomic E-state index is -0.403. The molecule has 0 fully saturated rings. The Balaban J connectivity index is 2.56. The summed E-state index contributed by atoms with van der Waals surface area (Å²) in [6.45, 7) is 4.39. The minimum Gasteiger partial charge on any atom is -0.479 e. The standard InChI is InChI=1S/C12H16N2O2/c1-4-14-11-9(13-3)6-5-7-10(11)16-8(2)12(14)15/h5-8,13H,4H2,1-3H3. The van der Waals surface area contributed by atoms with Gasteiger partial charge in [0.25, 0.3) is 5.91 Å². The zero-order chi connectivity index (χ0) is 11.7. The minimum absolute atomic E-state index is 0.0118. The summed E-state index contributed by atoms with van der Waals surface area (Å²) in [5.74, 6) is 0.776. The van der Waals surface area contributed by atoms with E-state index in [1.165, 1.54) is 0 Å². The summed E-state index contributed by atoms with van der Waals surface area (Å²) in [6, 6.07) is 5.75. The Morgan fingerprint density at radius 2 is 2.25 bits per heavy atom. The Bertz CT molecular complexity index is 417. The number of benzene rings is 1. The number of fused-ring (bicyclic) bond motifs is 1. The molecule has 0 saturated heterocycles. The van der Waals surface area contributed by atoms with E-state index < -0.39 is 6.10 Å². The zero-order valence-electron chi connectivity index (χ0n) is 9.78. The van der Waals surface area contributed by atoms with Crippen molar-refractivity contribution in [2.45, 2.75) is 20.0 Å². The number of likely N-dealkylation sites (N-methyl/N-ethyl adjacent to an activating group) is 1. The van der Waals surface area contributed by atoms with Crippen LogP contribution in [0.4, 0.5) is 11.4 Å². The molecule has 1 unspecified atom stereocenters. The number of amides is 1. The first kappa shape index (κ1) is 10.8. The number of nitrogens with one attached hydrogen (secondary N) is 1. The second-order valence-electron chi connectivity index (χ2n) is 3.74. The van der Waals surface area contributed by atoms with Gasteiger partial charge in [-0.05, 0) is 26.0 Å². The summed E-state index contributed by atoms with van der Waals surface area (Å²) in [5, 5.41) is 3.08. The van der Waals surface area contributed by atoms with Gasteiger partial charge in [0.1, 0.15) is 11.4 Å². The summed E-state index contributed by atoms with van der Waals surface area (Å²) in [7, 11) is 1.84. The quantitative estimate of drug-likeness (QED) is 0.827. The zero-order valence-corrected chi connectivity index (χ0v) is 9.78. The first-order valence-corrected chi connectivity index (χ1v) is 5.47. The fourth-order valence-corrected chi connectivity index (χ4v) is 1.98. The molecule has 1 aromatic rings. The molecule has 16 heavy (non-hydrogen) atoms. The molecule has 1 N–H and O–H groups in total. The van der Waals surface area contributed by atoms with Crippen molar-refractivity contribution in [3.8, 4) is 5.75 Å². The van der Waals surface area contributed by atoms with Crippen molar-refractivity contribution < 1.29 is 9.53 Å². The third-order valence-corrected chi connectivity index (χ3v) is 2.77. The molecule has 0 bridgehead atoms. The molecule has 2 rings (SSSR count). The highest BCUT2D eigenvalue weighted by Crippen LogP contribution is 2.39. The summed E-state index contributed by atoms with van der Waals surface area (Å²) in [4.78, 5) is 13.7. The summed E-state index contributed by atoms with van der Waals surface area (Å²) in [6.07, 6.45) is -0.403. The number of carbonyl (C=O) groups excluding carboxylic acids is 1. The summed E-state index contributed by atoms with van der Waals surface area (Å²) in [5.41, 5.74) is 1.76. The first-order valence-electron chi connectivity index (χ1n) is 5.47. The Kier molecular flexibility index (Phi) is 2.73. The third-order valence-electron chi connectivity index (χ3n) is 2.77. The van der Waals surface area contributed by atoms with Crippen molar-refractivity contribution in [3.63, 3.8) is 0 Å². The summed E-state index contributed by atoms with van der Waals surface area (Å²) >= 11 is 0. The maximum Gasteiger partial charge on any atom is 0.267 e. The Morgan fingerprint density at radius 1 is 1.50 bits per heavy atom. The number of hydrogen-bond donors (Lipinski definition) is 1. The molecule has 0 spiro atoms. The van der Waals surface area contributed by atoms with Crippen LogP contribution in [0.15, 0.2) is 18.2 Å². The van der Waals surface area contributed by atoms with Gasteiger partial charge in [0, 0.05) is 13.6 Å². The average molecular weight is 220 g/mol. The van der Waals surface area contributed by atoms with Gasteiger partial charge in [-0.3, -0.25) is 4.79 Å². The van der Waals surface area contributed by atoms with Crippen LogP contribution in [0.2, 0.25) is 0 Å². The fraction of sp³-hybridized carbons (Fsp3) is 0.417. The molecule has 0 aliphatic carbocycles. The predicted molar refractivity (Wildman–Crippen MR) is 64.1 cm³/mol. The lowest BCUT2D eigenvalue weighted by Gasteiger charge is -2.33. The average Bonchev–Trinajstić information content (AvgIpc) is 2.30. The smallest absolute Gasteiger partial charge is 0.267 e. The largest absolute Gasteiger partial charge is 0.479 e. The van der Waals surface area contributed by atoms with Gasteiger partial charge in [0.15, 0.2) is 6.10 Å². The Labute approximate surface area is 95.2 Å². The second kappa shape index (κ2) is 4.04. The predicted octanol–water partition coefficient (Wildman–Crippen LogP) is 1.86. The summed E-state index contributed by atoms with van der Waals surface area (Å²) < 4.78 is 5.59. The van der Waals surface area contributed by atoms with E-state index in [-0.39, 0.29) is 5.91 Å². The molecular formula is C12H16N2O2. The molecule has 1 atom stereocenters. The van der Waals surface area contributed by atoms with Crippen LogP contribution in [0.5, 0.6) is 5.75 Å². The molecule has 1 aromatic carbocycles. The van der Waals surface area contributed by atoms with Gasteiger partial charge in [-0.1, -0.05) is 6.07 Å². The maximum atomic E-state index is 12.0. The van der Waals surface area contributed by atoms with Crippen molar-refractivity contribution in [1.82, 2.24) is 0 Å². The van der Waals surface area contributed by atoms with Crippen molar-refractivity contribution in [1.29, 1.82) is 0 Å². The van der Waals surface area contributed by atoms with Crippen LogP contribution in [-0.4, -0.2) is 25.6 Å². The lowest BCUT2D eigenvalue weighted by molar-refractivity contribution is -0.125. The highest BCUT2D eigenvalue weighted by Gasteiger charge is 2.31. The van der Waals surface area contributed by atoms with Gasteiger partial charge in [-0.15, -0.1) is 0 Å². The number of anilines is 2. The maximum absolute atomic E-state index is 12.0. The molecule has 4 nitrogen and oxygen atoms in total. The molecule has 0 aromatic heterocycles. The van der Waals surface area contributed by atoms with Gasteiger partial charge < -0.3 is 15.0 Å². The number of carbonyl (C=O) groups is 1. The molecule has 4 heteroatoms. The number of nitrogens with zero attached hydrogens (tertiary/aromatic N) is 1. The van der Waals surface area contributed by atoms with Crippen molar-refractivity contribution in [3.05, 3.63) is 18.2 Å². The highest BCUT2D eigenvalue weighted by molar-refractivity contribution is 6.03. The number of rotatable bonds is 2. The van der Waals surface area contributed by atoms with Gasteiger partial charge in [0.2, 0.25) is 0 Å². The van der Waals surface area contributed by atoms with E-state index >= 15 is 0 Å². The Hall–Kier alpha value is -1.71. The highest BCUT2D eigenvalue weighted by atomic mass is 16.5.